The molecule has 0 saturated heterocycles. The molecular formula is C34H23N. The summed E-state index contributed by atoms with van der Waals surface area (Å²) in [5.74, 6) is 0. The van der Waals surface area contributed by atoms with Gasteiger partial charge in [0.15, 0.2) is 0 Å². The first-order valence-electron chi connectivity index (χ1n) is 12.0. The first-order chi connectivity index (χ1) is 17.4. The lowest BCUT2D eigenvalue weighted by molar-refractivity contribution is 1.28. The summed E-state index contributed by atoms with van der Waals surface area (Å²) in [7, 11) is 0. The molecule has 6 aromatic carbocycles. The van der Waals surface area contributed by atoms with Crippen molar-refractivity contribution in [3.8, 4) is 33.4 Å². The highest BCUT2D eigenvalue weighted by Gasteiger charge is 2.22. The van der Waals surface area contributed by atoms with Crippen molar-refractivity contribution in [3.05, 3.63) is 140 Å². The molecular weight excluding hydrogens is 422 g/mol. The smallest absolute Gasteiger partial charge is 0.0462 e. The van der Waals surface area contributed by atoms with Crippen molar-refractivity contribution in [2.45, 2.75) is 0 Å². The summed E-state index contributed by atoms with van der Waals surface area (Å²) in [6.45, 7) is 0. The van der Waals surface area contributed by atoms with Crippen LogP contribution in [0.3, 0.4) is 0 Å². The number of fused-ring (bicyclic) bond motifs is 3. The summed E-state index contributed by atoms with van der Waals surface area (Å²) < 4.78 is 0. The van der Waals surface area contributed by atoms with E-state index in [1.165, 1.54) is 44.2 Å². The molecule has 164 valence electrons. The maximum absolute atomic E-state index is 2.30. The SMILES string of the molecule is c1ccc(N(c2ccccc2)c2ccc(-c3ccc4c5c(cccc35)-c3ccccc3-4)cc2)cc1. The van der Waals surface area contributed by atoms with Crippen LogP contribution in [0.1, 0.15) is 0 Å². The van der Waals surface area contributed by atoms with Crippen LogP contribution in [0.2, 0.25) is 0 Å². The number of rotatable bonds is 4. The molecule has 0 N–H and O–H groups in total. The van der Waals surface area contributed by atoms with Gasteiger partial charge in [-0.05, 0) is 80.6 Å². The van der Waals surface area contributed by atoms with Crippen molar-refractivity contribution in [1.29, 1.82) is 0 Å². The number of para-hydroxylation sites is 2. The molecule has 0 atom stereocenters. The Hall–Kier alpha value is -4.62. The van der Waals surface area contributed by atoms with E-state index in [0.717, 1.165) is 17.1 Å². The minimum Gasteiger partial charge on any atom is -0.311 e. The monoisotopic (exact) mass is 445 g/mol. The van der Waals surface area contributed by atoms with Crippen molar-refractivity contribution in [2.24, 2.45) is 0 Å². The van der Waals surface area contributed by atoms with Crippen molar-refractivity contribution in [3.63, 3.8) is 0 Å². The molecule has 7 rings (SSSR count). The molecule has 0 aromatic heterocycles. The van der Waals surface area contributed by atoms with E-state index < -0.39 is 0 Å². The fraction of sp³-hybridized carbons (Fsp3) is 0. The fourth-order valence-electron chi connectivity index (χ4n) is 5.45. The van der Waals surface area contributed by atoms with E-state index >= 15 is 0 Å². The Labute approximate surface area is 205 Å². The van der Waals surface area contributed by atoms with Gasteiger partial charge in [-0.1, -0.05) is 103 Å². The van der Waals surface area contributed by atoms with Gasteiger partial charge in [-0.15, -0.1) is 0 Å². The Morgan fingerprint density at radius 3 is 1.43 bits per heavy atom. The molecule has 0 unspecified atom stereocenters. The van der Waals surface area contributed by atoms with Gasteiger partial charge in [-0.3, -0.25) is 0 Å². The lowest BCUT2D eigenvalue weighted by Gasteiger charge is -2.25. The van der Waals surface area contributed by atoms with Crippen LogP contribution in [0.4, 0.5) is 17.1 Å². The number of hydrogen-bond acceptors (Lipinski definition) is 1. The third-order valence-electron chi connectivity index (χ3n) is 7.01. The molecule has 0 amide bonds. The molecule has 0 aliphatic heterocycles. The minimum absolute atomic E-state index is 1.14. The number of anilines is 3. The van der Waals surface area contributed by atoms with Crippen LogP contribution in [0.5, 0.6) is 0 Å². The molecule has 0 saturated carbocycles. The lowest BCUT2D eigenvalue weighted by Crippen LogP contribution is -2.09. The first-order valence-corrected chi connectivity index (χ1v) is 12.0. The molecule has 1 aliphatic carbocycles. The zero-order chi connectivity index (χ0) is 23.2. The zero-order valence-corrected chi connectivity index (χ0v) is 19.2. The van der Waals surface area contributed by atoms with Gasteiger partial charge >= 0.3 is 0 Å². The molecule has 35 heavy (non-hydrogen) atoms. The molecule has 0 bridgehead atoms. The number of nitrogens with zero attached hydrogens (tertiary/aromatic N) is 1. The predicted octanol–water partition coefficient (Wildman–Crippen LogP) is 9.62. The van der Waals surface area contributed by atoms with Gasteiger partial charge in [-0.25, -0.2) is 0 Å². The van der Waals surface area contributed by atoms with Gasteiger partial charge in [-0.2, -0.15) is 0 Å². The van der Waals surface area contributed by atoms with Crippen LogP contribution in [-0.2, 0) is 0 Å². The van der Waals surface area contributed by atoms with Crippen LogP contribution in [-0.4, -0.2) is 0 Å². The van der Waals surface area contributed by atoms with Crippen LogP contribution >= 0.6 is 0 Å². The molecule has 0 radical (unpaired) electrons. The van der Waals surface area contributed by atoms with Crippen molar-refractivity contribution in [2.75, 3.05) is 4.90 Å². The average Bonchev–Trinajstić information content (AvgIpc) is 3.26. The standard InChI is InChI=1S/C34H23N/c1-3-10-25(11-4-1)35(26-12-5-2-6-13-26)27-20-18-24(19-21-27)28-22-23-33-30-15-8-7-14-29(30)32-17-9-16-31(28)34(32)33/h1-23H. The second-order valence-corrected chi connectivity index (χ2v) is 8.99. The maximum Gasteiger partial charge on any atom is 0.0462 e. The van der Waals surface area contributed by atoms with Gasteiger partial charge in [0, 0.05) is 17.1 Å². The van der Waals surface area contributed by atoms with Crippen molar-refractivity contribution >= 4 is 27.8 Å². The molecule has 0 spiro atoms. The maximum atomic E-state index is 2.30. The van der Waals surface area contributed by atoms with Gasteiger partial charge in [0.05, 0.1) is 0 Å². The van der Waals surface area contributed by atoms with Gasteiger partial charge in [0.25, 0.3) is 0 Å². The van der Waals surface area contributed by atoms with Crippen LogP contribution in [0.25, 0.3) is 44.2 Å². The Balaban J connectivity index is 1.34. The van der Waals surface area contributed by atoms with Crippen LogP contribution < -0.4 is 4.90 Å². The molecule has 0 fully saturated rings. The summed E-state index contributed by atoms with van der Waals surface area (Å²) in [5, 5.41) is 2.68. The second-order valence-electron chi connectivity index (χ2n) is 8.99. The number of hydrogen-bond donors (Lipinski definition) is 0. The summed E-state index contributed by atoms with van der Waals surface area (Å²) in [6.07, 6.45) is 0. The Bertz CT molecular complexity index is 1600. The van der Waals surface area contributed by atoms with E-state index in [9.17, 15) is 0 Å². The highest BCUT2D eigenvalue weighted by Crippen LogP contribution is 2.49. The third kappa shape index (κ3) is 3.17. The highest BCUT2D eigenvalue weighted by atomic mass is 15.1. The van der Waals surface area contributed by atoms with Gasteiger partial charge < -0.3 is 4.90 Å². The second kappa shape index (κ2) is 8.00. The Kier molecular flexibility index (Phi) is 4.53. The Morgan fingerprint density at radius 1 is 0.314 bits per heavy atom. The molecule has 0 heterocycles. The van der Waals surface area contributed by atoms with E-state index in [-0.39, 0.29) is 0 Å². The average molecular weight is 446 g/mol. The molecule has 1 aliphatic rings. The third-order valence-corrected chi connectivity index (χ3v) is 7.01. The largest absolute Gasteiger partial charge is 0.311 e. The van der Waals surface area contributed by atoms with Crippen LogP contribution in [0.15, 0.2) is 140 Å². The van der Waals surface area contributed by atoms with Gasteiger partial charge in [0.2, 0.25) is 0 Å². The molecule has 6 aromatic rings. The number of benzene rings is 6. The Morgan fingerprint density at radius 2 is 0.800 bits per heavy atom. The predicted molar refractivity (Wildman–Crippen MR) is 148 cm³/mol. The highest BCUT2D eigenvalue weighted by molar-refractivity contribution is 6.18. The first kappa shape index (κ1) is 19.8. The lowest BCUT2D eigenvalue weighted by atomic mass is 9.94. The molecule has 1 heteroatoms. The summed E-state index contributed by atoms with van der Waals surface area (Å²) in [4.78, 5) is 2.30. The normalized spacial score (nSPS) is 11.4. The fourth-order valence-corrected chi connectivity index (χ4v) is 5.45. The van der Waals surface area contributed by atoms with E-state index in [0.29, 0.717) is 0 Å². The molecule has 1 nitrogen and oxygen atoms in total. The van der Waals surface area contributed by atoms with E-state index in [2.05, 4.69) is 144 Å². The summed E-state index contributed by atoms with van der Waals surface area (Å²) in [5.41, 5.74) is 11.3. The van der Waals surface area contributed by atoms with Gasteiger partial charge in [0.1, 0.15) is 0 Å². The topological polar surface area (TPSA) is 3.24 Å². The quantitative estimate of drug-likeness (QED) is 0.261. The van der Waals surface area contributed by atoms with Crippen molar-refractivity contribution in [1.82, 2.24) is 0 Å². The zero-order valence-electron chi connectivity index (χ0n) is 19.2. The van der Waals surface area contributed by atoms with E-state index in [1.54, 1.807) is 0 Å². The summed E-state index contributed by atoms with van der Waals surface area (Å²) >= 11 is 0. The van der Waals surface area contributed by atoms with E-state index in [4.69, 9.17) is 0 Å². The summed E-state index contributed by atoms with van der Waals surface area (Å²) in [6, 6.07) is 50.1. The van der Waals surface area contributed by atoms with E-state index in [1.807, 2.05) is 0 Å². The van der Waals surface area contributed by atoms with Crippen molar-refractivity contribution < 1.29 is 0 Å². The minimum atomic E-state index is 1.14. The van der Waals surface area contributed by atoms with Crippen LogP contribution in [0, 0.1) is 0 Å².